The number of esters is 1. The van der Waals surface area contributed by atoms with Crippen LogP contribution in [0.2, 0.25) is 5.02 Å². The number of rotatable bonds is 7. The molecular formula is C27H27ClN2O5S. The van der Waals surface area contributed by atoms with Gasteiger partial charge in [-0.05, 0) is 63.1 Å². The van der Waals surface area contributed by atoms with Gasteiger partial charge in [-0.15, -0.1) is 0 Å². The molecule has 0 amide bonds. The molecule has 9 heteroatoms. The monoisotopic (exact) mass is 526 g/mol. The van der Waals surface area contributed by atoms with Gasteiger partial charge in [0.1, 0.15) is 6.04 Å². The van der Waals surface area contributed by atoms with Crippen molar-refractivity contribution in [1.29, 1.82) is 0 Å². The van der Waals surface area contributed by atoms with E-state index in [-0.39, 0.29) is 11.7 Å². The van der Waals surface area contributed by atoms with E-state index in [1.165, 1.54) is 15.9 Å². The fraction of sp³-hybridized carbons (Fsp3) is 0.296. The van der Waals surface area contributed by atoms with Crippen molar-refractivity contribution >= 4 is 35.0 Å². The van der Waals surface area contributed by atoms with Crippen LogP contribution in [0.25, 0.3) is 6.08 Å². The fourth-order valence-corrected chi connectivity index (χ4v) is 5.34. The number of hydrogen-bond acceptors (Lipinski definition) is 7. The number of fused-ring (bicyclic) bond motifs is 1. The number of allylic oxidation sites excluding steroid dienone is 1. The van der Waals surface area contributed by atoms with E-state index in [4.69, 9.17) is 25.8 Å². The summed E-state index contributed by atoms with van der Waals surface area (Å²) in [4.78, 5) is 32.0. The third-order valence-electron chi connectivity index (χ3n) is 5.57. The minimum atomic E-state index is -0.766. The Labute approximate surface area is 217 Å². The standard InChI is InChI=1S/C27H27ClN2O5S/c1-6-34-20-12-11-17(13-21(20)33-5)14-22-25(31)30-24(18-9-7-8-10-19(18)28)23(26(32)35-15(2)3)16(4)29-27(30)36-22/h7-15,24H,6H2,1-5H3. The second-order valence-corrected chi connectivity index (χ2v) is 9.82. The van der Waals surface area contributed by atoms with Crippen LogP contribution in [0.15, 0.2) is 63.5 Å². The molecule has 1 aromatic heterocycles. The van der Waals surface area contributed by atoms with Crippen LogP contribution in [0.1, 0.15) is 44.9 Å². The molecule has 0 fully saturated rings. The van der Waals surface area contributed by atoms with E-state index < -0.39 is 12.0 Å². The lowest BCUT2D eigenvalue weighted by Gasteiger charge is -2.26. The van der Waals surface area contributed by atoms with Crippen molar-refractivity contribution in [3.63, 3.8) is 0 Å². The summed E-state index contributed by atoms with van der Waals surface area (Å²) in [6.07, 6.45) is 1.45. The lowest BCUT2D eigenvalue weighted by molar-refractivity contribution is -0.143. The zero-order valence-corrected chi connectivity index (χ0v) is 22.3. The molecule has 2 aromatic carbocycles. The Morgan fingerprint density at radius 2 is 1.97 bits per heavy atom. The Morgan fingerprint density at radius 3 is 2.64 bits per heavy atom. The molecular weight excluding hydrogens is 500 g/mol. The number of nitrogens with zero attached hydrogens (tertiary/aromatic N) is 2. The highest BCUT2D eigenvalue weighted by Gasteiger charge is 2.34. The van der Waals surface area contributed by atoms with Crippen molar-refractivity contribution in [1.82, 2.24) is 4.57 Å². The van der Waals surface area contributed by atoms with Gasteiger partial charge in [-0.1, -0.05) is 47.2 Å². The molecule has 0 bridgehead atoms. The number of halogens is 1. The van der Waals surface area contributed by atoms with Gasteiger partial charge in [0.15, 0.2) is 16.3 Å². The number of carbonyl (C=O) groups excluding carboxylic acids is 1. The summed E-state index contributed by atoms with van der Waals surface area (Å²) < 4.78 is 18.5. The third kappa shape index (κ3) is 4.96. The predicted molar refractivity (Wildman–Crippen MR) is 141 cm³/mol. The van der Waals surface area contributed by atoms with E-state index in [0.29, 0.717) is 49.3 Å². The number of benzene rings is 2. The van der Waals surface area contributed by atoms with Crippen LogP contribution in [0.5, 0.6) is 11.5 Å². The molecule has 0 spiro atoms. The maximum absolute atomic E-state index is 13.7. The smallest absolute Gasteiger partial charge is 0.338 e. The summed E-state index contributed by atoms with van der Waals surface area (Å²) in [6, 6.07) is 11.9. The summed E-state index contributed by atoms with van der Waals surface area (Å²) in [7, 11) is 1.57. The van der Waals surface area contributed by atoms with Gasteiger partial charge in [-0.3, -0.25) is 9.36 Å². The van der Waals surface area contributed by atoms with Gasteiger partial charge < -0.3 is 14.2 Å². The van der Waals surface area contributed by atoms with E-state index in [1.54, 1.807) is 46.1 Å². The quantitative estimate of drug-likeness (QED) is 0.430. The number of thiazole rings is 1. The molecule has 1 aliphatic heterocycles. The van der Waals surface area contributed by atoms with Crippen molar-refractivity contribution in [2.45, 2.75) is 39.8 Å². The largest absolute Gasteiger partial charge is 0.493 e. The molecule has 1 unspecified atom stereocenters. The van der Waals surface area contributed by atoms with Gasteiger partial charge in [0.25, 0.3) is 5.56 Å². The van der Waals surface area contributed by atoms with Gasteiger partial charge >= 0.3 is 5.97 Å². The Balaban J connectivity index is 1.91. The Hall–Kier alpha value is -3.36. The first kappa shape index (κ1) is 25.7. The fourth-order valence-electron chi connectivity index (χ4n) is 4.05. The van der Waals surface area contributed by atoms with E-state index in [0.717, 1.165) is 5.56 Å². The molecule has 1 aliphatic rings. The molecule has 2 heterocycles. The van der Waals surface area contributed by atoms with Crippen LogP contribution in [0.4, 0.5) is 0 Å². The van der Waals surface area contributed by atoms with Crippen molar-refractivity contribution in [3.05, 3.63) is 89.6 Å². The molecule has 0 saturated heterocycles. The SMILES string of the molecule is CCOc1ccc(C=c2sc3n(c2=O)C(c2ccccc2Cl)C(C(=O)OC(C)C)=C(C)N=3)cc1OC. The third-order valence-corrected chi connectivity index (χ3v) is 6.90. The molecule has 7 nitrogen and oxygen atoms in total. The number of aromatic nitrogens is 1. The lowest BCUT2D eigenvalue weighted by Crippen LogP contribution is -2.40. The second kappa shape index (κ2) is 10.7. The molecule has 0 aliphatic carbocycles. The van der Waals surface area contributed by atoms with Crippen LogP contribution in [0.3, 0.4) is 0 Å². The lowest BCUT2D eigenvalue weighted by atomic mass is 9.96. The maximum atomic E-state index is 13.7. The van der Waals surface area contributed by atoms with E-state index in [1.807, 2.05) is 37.3 Å². The Bertz CT molecular complexity index is 1520. The second-order valence-electron chi connectivity index (χ2n) is 8.40. The normalized spacial score (nSPS) is 15.5. The van der Waals surface area contributed by atoms with Crippen molar-refractivity contribution in [3.8, 4) is 11.5 Å². The van der Waals surface area contributed by atoms with Crippen LogP contribution < -0.4 is 24.4 Å². The molecule has 0 N–H and O–H groups in total. The maximum Gasteiger partial charge on any atom is 0.338 e. The molecule has 4 rings (SSSR count). The summed E-state index contributed by atoms with van der Waals surface area (Å²) in [5.41, 5.74) is 1.89. The van der Waals surface area contributed by atoms with Crippen LogP contribution in [-0.4, -0.2) is 30.4 Å². The van der Waals surface area contributed by atoms with Crippen LogP contribution in [0, 0.1) is 0 Å². The highest BCUT2D eigenvalue weighted by molar-refractivity contribution is 7.07. The predicted octanol–water partition coefficient (Wildman–Crippen LogP) is 4.25. The van der Waals surface area contributed by atoms with Gasteiger partial charge in [0.2, 0.25) is 0 Å². The topological polar surface area (TPSA) is 79.1 Å². The first-order chi connectivity index (χ1) is 17.2. The number of carbonyl (C=O) groups is 1. The van der Waals surface area contributed by atoms with Gasteiger partial charge in [0, 0.05) is 5.02 Å². The highest BCUT2D eigenvalue weighted by Crippen LogP contribution is 2.34. The molecule has 0 radical (unpaired) electrons. The van der Waals surface area contributed by atoms with E-state index in [9.17, 15) is 9.59 Å². The summed E-state index contributed by atoms with van der Waals surface area (Å²) >= 11 is 7.81. The Morgan fingerprint density at radius 1 is 1.22 bits per heavy atom. The number of ether oxygens (including phenoxy) is 3. The molecule has 1 atom stereocenters. The molecule has 3 aromatic rings. The molecule has 0 saturated carbocycles. The molecule has 188 valence electrons. The van der Waals surface area contributed by atoms with Crippen molar-refractivity contribution in [2.75, 3.05) is 13.7 Å². The zero-order chi connectivity index (χ0) is 26.0. The first-order valence-electron chi connectivity index (χ1n) is 11.5. The average Bonchev–Trinajstić information content (AvgIpc) is 3.13. The van der Waals surface area contributed by atoms with Crippen molar-refractivity contribution in [2.24, 2.45) is 4.99 Å². The van der Waals surface area contributed by atoms with Crippen LogP contribution in [-0.2, 0) is 9.53 Å². The minimum Gasteiger partial charge on any atom is -0.493 e. The highest BCUT2D eigenvalue weighted by atomic mass is 35.5. The van der Waals surface area contributed by atoms with E-state index in [2.05, 4.69) is 4.99 Å². The van der Waals surface area contributed by atoms with Crippen LogP contribution >= 0.6 is 22.9 Å². The summed E-state index contributed by atoms with van der Waals surface area (Å²) in [5, 5.41) is 0.442. The minimum absolute atomic E-state index is 0.279. The summed E-state index contributed by atoms with van der Waals surface area (Å²) in [5.74, 6) is 0.671. The molecule has 36 heavy (non-hydrogen) atoms. The van der Waals surface area contributed by atoms with Gasteiger partial charge in [-0.2, -0.15) is 0 Å². The summed E-state index contributed by atoms with van der Waals surface area (Å²) in [6.45, 7) is 7.71. The van der Waals surface area contributed by atoms with Gasteiger partial charge in [0.05, 0.1) is 35.6 Å². The van der Waals surface area contributed by atoms with Crippen molar-refractivity contribution < 1.29 is 19.0 Å². The number of methoxy groups -OCH3 is 1. The average molecular weight is 527 g/mol. The Kier molecular flexibility index (Phi) is 7.66. The van der Waals surface area contributed by atoms with Gasteiger partial charge in [-0.25, -0.2) is 9.79 Å². The zero-order valence-electron chi connectivity index (χ0n) is 20.7. The van der Waals surface area contributed by atoms with E-state index >= 15 is 0 Å². The number of hydrogen-bond donors (Lipinski definition) is 0. The first-order valence-corrected chi connectivity index (χ1v) is 12.7.